The van der Waals surface area contributed by atoms with Gasteiger partial charge in [0.1, 0.15) is 6.04 Å². The molecule has 1 aromatic rings. The van der Waals surface area contributed by atoms with Gasteiger partial charge in [-0.15, -0.1) is 0 Å². The van der Waals surface area contributed by atoms with E-state index in [-0.39, 0.29) is 18.1 Å². The fraction of sp³-hybridized carbons (Fsp3) is 0.650. The normalized spacial score (nSPS) is 22.6. The molecule has 3 rings (SSSR count). The second kappa shape index (κ2) is 8.79. The van der Waals surface area contributed by atoms with Gasteiger partial charge in [-0.25, -0.2) is 0 Å². The second-order valence-corrected chi connectivity index (χ2v) is 7.38. The van der Waals surface area contributed by atoms with Crippen molar-refractivity contribution in [3.63, 3.8) is 0 Å². The molecule has 2 heterocycles. The zero-order chi connectivity index (χ0) is 17.6. The fourth-order valence-corrected chi connectivity index (χ4v) is 4.01. The van der Waals surface area contributed by atoms with Crippen LogP contribution in [-0.2, 0) is 4.79 Å². The van der Waals surface area contributed by atoms with Gasteiger partial charge in [0.05, 0.1) is 6.10 Å². The van der Waals surface area contributed by atoms with Crippen LogP contribution in [0.25, 0.3) is 0 Å². The third kappa shape index (κ3) is 4.81. The Kier molecular flexibility index (Phi) is 6.45. The number of piperidine rings is 1. The van der Waals surface area contributed by atoms with Crippen LogP contribution in [0, 0.1) is 0 Å². The Hall–Kier alpha value is -1.43. The van der Waals surface area contributed by atoms with Crippen LogP contribution in [0.4, 0.5) is 0 Å². The number of hydrogen-bond acceptors (Lipinski definition) is 4. The highest BCUT2D eigenvalue weighted by molar-refractivity contribution is 5.83. The molecule has 1 amide bonds. The number of piperazine rings is 1. The number of carbonyl (C=O) groups is 1. The van der Waals surface area contributed by atoms with Crippen LogP contribution in [0.15, 0.2) is 30.3 Å². The quantitative estimate of drug-likeness (QED) is 0.883. The topological polar surface area (TPSA) is 47.0 Å². The SMILES string of the molecule is C[C@@H](O)CN1CCN([C@@H](C(=O)N2CCCCC2)c2ccccc2)CC1. The summed E-state index contributed by atoms with van der Waals surface area (Å²) in [5, 5.41) is 9.60. The van der Waals surface area contributed by atoms with Crippen molar-refractivity contribution in [2.45, 2.75) is 38.3 Å². The molecule has 2 atom stereocenters. The number of likely N-dealkylation sites (tertiary alicyclic amines) is 1. The number of hydrogen-bond donors (Lipinski definition) is 1. The first-order valence-corrected chi connectivity index (χ1v) is 9.63. The van der Waals surface area contributed by atoms with Crippen LogP contribution < -0.4 is 0 Å². The number of aliphatic hydroxyl groups excluding tert-OH is 1. The first-order valence-electron chi connectivity index (χ1n) is 9.63. The first kappa shape index (κ1) is 18.4. The van der Waals surface area contributed by atoms with E-state index in [0.29, 0.717) is 6.54 Å². The van der Waals surface area contributed by atoms with Gasteiger partial charge < -0.3 is 10.0 Å². The van der Waals surface area contributed by atoms with Gasteiger partial charge in [0, 0.05) is 45.8 Å². The van der Waals surface area contributed by atoms with Crippen molar-refractivity contribution in [3.05, 3.63) is 35.9 Å². The summed E-state index contributed by atoms with van der Waals surface area (Å²) < 4.78 is 0. The minimum atomic E-state index is -0.300. The van der Waals surface area contributed by atoms with E-state index in [2.05, 4.69) is 26.8 Å². The van der Waals surface area contributed by atoms with E-state index in [0.717, 1.165) is 57.7 Å². The van der Waals surface area contributed by atoms with Crippen LogP contribution in [-0.4, -0.2) is 77.6 Å². The third-order valence-electron chi connectivity index (χ3n) is 5.31. The molecular formula is C20H31N3O2. The first-order chi connectivity index (χ1) is 12.1. The molecule has 25 heavy (non-hydrogen) atoms. The lowest BCUT2D eigenvalue weighted by Crippen LogP contribution is -2.53. The summed E-state index contributed by atoms with van der Waals surface area (Å²) in [6, 6.07) is 10.0. The standard InChI is InChI=1S/C20H31N3O2/c1-17(24)16-21-12-14-22(15-13-21)19(18-8-4-2-5-9-18)20(25)23-10-6-3-7-11-23/h2,4-5,8-9,17,19,24H,3,6-7,10-16H2,1H3/t17-,19-/m1/s1. The third-order valence-corrected chi connectivity index (χ3v) is 5.31. The summed E-state index contributed by atoms with van der Waals surface area (Å²) in [5.74, 6) is 0.259. The summed E-state index contributed by atoms with van der Waals surface area (Å²) >= 11 is 0. The highest BCUT2D eigenvalue weighted by Crippen LogP contribution is 2.26. The van der Waals surface area contributed by atoms with Crippen LogP contribution in [0.3, 0.4) is 0 Å². The number of aliphatic hydroxyl groups is 1. The Bertz CT molecular complexity index is 535. The maximum atomic E-state index is 13.3. The van der Waals surface area contributed by atoms with E-state index in [4.69, 9.17) is 0 Å². The van der Waals surface area contributed by atoms with Gasteiger partial charge in [-0.3, -0.25) is 14.6 Å². The van der Waals surface area contributed by atoms with Gasteiger partial charge in [-0.2, -0.15) is 0 Å². The minimum Gasteiger partial charge on any atom is -0.392 e. The number of carbonyl (C=O) groups excluding carboxylic acids is 1. The van der Waals surface area contributed by atoms with E-state index in [1.807, 2.05) is 25.1 Å². The molecule has 0 aliphatic carbocycles. The Labute approximate surface area is 151 Å². The van der Waals surface area contributed by atoms with E-state index in [1.54, 1.807) is 0 Å². The Morgan fingerprint density at radius 3 is 2.24 bits per heavy atom. The van der Waals surface area contributed by atoms with E-state index in [9.17, 15) is 9.90 Å². The maximum Gasteiger partial charge on any atom is 0.244 e. The maximum absolute atomic E-state index is 13.3. The van der Waals surface area contributed by atoms with Crippen LogP contribution in [0.2, 0.25) is 0 Å². The van der Waals surface area contributed by atoms with E-state index >= 15 is 0 Å². The number of benzene rings is 1. The van der Waals surface area contributed by atoms with Crippen molar-refractivity contribution < 1.29 is 9.90 Å². The van der Waals surface area contributed by atoms with Crippen LogP contribution in [0.1, 0.15) is 37.8 Å². The molecule has 1 aromatic carbocycles. The van der Waals surface area contributed by atoms with Crippen molar-refractivity contribution in [2.24, 2.45) is 0 Å². The van der Waals surface area contributed by atoms with Gasteiger partial charge in [-0.05, 0) is 31.7 Å². The summed E-state index contributed by atoms with van der Waals surface area (Å²) in [6.45, 7) is 7.87. The molecule has 138 valence electrons. The summed E-state index contributed by atoms with van der Waals surface area (Å²) in [5.41, 5.74) is 1.10. The molecule has 0 bridgehead atoms. The molecule has 0 spiro atoms. The average Bonchev–Trinajstić information content (AvgIpc) is 2.64. The predicted molar refractivity (Wildman–Crippen MR) is 99.3 cm³/mol. The number of amides is 1. The van der Waals surface area contributed by atoms with Gasteiger partial charge in [0.2, 0.25) is 5.91 Å². The van der Waals surface area contributed by atoms with Gasteiger partial charge in [0.15, 0.2) is 0 Å². The van der Waals surface area contributed by atoms with Crippen molar-refractivity contribution in [1.82, 2.24) is 14.7 Å². The summed E-state index contributed by atoms with van der Waals surface area (Å²) in [6.07, 6.45) is 3.18. The smallest absolute Gasteiger partial charge is 0.244 e. The molecule has 0 radical (unpaired) electrons. The molecule has 2 fully saturated rings. The molecular weight excluding hydrogens is 314 g/mol. The molecule has 0 unspecified atom stereocenters. The average molecular weight is 345 g/mol. The molecule has 2 saturated heterocycles. The lowest BCUT2D eigenvalue weighted by atomic mass is 10.0. The van der Waals surface area contributed by atoms with Gasteiger partial charge in [0.25, 0.3) is 0 Å². The number of nitrogens with zero attached hydrogens (tertiary/aromatic N) is 3. The molecule has 5 nitrogen and oxygen atoms in total. The second-order valence-electron chi connectivity index (χ2n) is 7.38. The molecule has 1 N–H and O–H groups in total. The van der Waals surface area contributed by atoms with Crippen molar-refractivity contribution in [2.75, 3.05) is 45.8 Å². The lowest BCUT2D eigenvalue weighted by Gasteiger charge is -2.41. The highest BCUT2D eigenvalue weighted by atomic mass is 16.3. The molecule has 5 heteroatoms. The summed E-state index contributed by atoms with van der Waals surface area (Å²) in [7, 11) is 0. The summed E-state index contributed by atoms with van der Waals surface area (Å²) in [4.78, 5) is 20.0. The predicted octanol–water partition coefficient (Wildman–Crippen LogP) is 1.74. The zero-order valence-corrected chi connectivity index (χ0v) is 15.3. The largest absolute Gasteiger partial charge is 0.392 e. The Morgan fingerprint density at radius 1 is 1.00 bits per heavy atom. The molecule has 2 aliphatic rings. The molecule has 0 aromatic heterocycles. The number of β-amino-alcohol motifs (C(OH)–C–C–N with tert-alkyl or cyclic N) is 1. The molecule has 2 aliphatic heterocycles. The highest BCUT2D eigenvalue weighted by Gasteiger charge is 2.33. The minimum absolute atomic E-state index is 0.173. The Morgan fingerprint density at radius 2 is 1.64 bits per heavy atom. The van der Waals surface area contributed by atoms with Gasteiger partial charge in [-0.1, -0.05) is 30.3 Å². The molecule has 0 saturated carbocycles. The Balaban J connectivity index is 1.72. The van der Waals surface area contributed by atoms with E-state index < -0.39 is 0 Å². The zero-order valence-electron chi connectivity index (χ0n) is 15.3. The van der Waals surface area contributed by atoms with Gasteiger partial charge >= 0.3 is 0 Å². The van der Waals surface area contributed by atoms with Crippen molar-refractivity contribution in [1.29, 1.82) is 0 Å². The van der Waals surface area contributed by atoms with Crippen molar-refractivity contribution >= 4 is 5.91 Å². The lowest BCUT2D eigenvalue weighted by molar-refractivity contribution is -0.139. The van der Waals surface area contributed by atoms with E-state index in [1.165, 1.54) is 6.42 Å². The number of rotatable bonds is 5. The van der Waals surface area contributed by atoms with Crippen LogP contribution >= 0.6 is 0 Å². The monoisotopic (exact) mass is 345 g/mol. The van der Waals surface area contributed by atoms with Crippen LogP contribution in [0.5, 0.6) is 0 Å². The fourth-order valence-electron chi connectivity index (χ4n) is 4.01. The van der Waals surface area contributed by atoms with Crippen molar-refractivity contribution in [3.8, 4) is 0 Å².